The Hall–Kier alpha value is -2.46. The Bertz CT molecular complexity index is 900. The largest absolute Gasteiger partial charge is 0.105 e. The van der Waals surface area contributed by atoms with Crippen molar-refractivity contribution in [3.8, 4) is 11.5 Å². The van der Waals surface area contributed by atoms with Gasteiger partial charge in [-0.3, -0.25) is 0 Å². The summed E-state index contributed by atoms with van der Waals surface area (Å²) in [5.41, 5.74) is 0.163. The molecule has 1 aromatic carbocycles. The molecule has 2 aliphatic heterocycles. The minimum atomic E-state index is -1.29. The van der Waals surface area contributed by atoms with E-state index in [0.717, 1.165) is 24.7 Å². The van der Waals surface area contributed by atoms with Crippen molar-refractivity contribution >= 4 is 19.0 Å². The Labute approximate surface area is 181 Å². The van der Waals surface area contributed by atoms with Crippen molar-refractivity contribution in [2.24, 2.45) is 0 Å². The summed E-state index contributed by atoms with van der Waals surface area (Å²) in [5.74, 6) is -1.89. The predicted octanol–water partition coefficient (Wildman–Crippen LogP) is 0.871. The number of hydrogen-bond acceptors (Lipinski definition) is 6. The molecule has 1 aliphatic carbocycles. The number of carboxylic acid groups (broad SMARTS) is 1. The molecule has 0 radical (unpaired) electrons. The van der Waals surface area contributed by atoms with Gasteiger partial charge in [-0.1, -0.05) is 0 Å². The summed E-state index contributed by atoms with van der Waals surface area (Å²) >= 11 is 0. The number of likely N-dealkylation sites (tertiary alicyclic amines) is 1. The molecule has 3 fully saturated rings. The number of aromatic hydroxyl groups is 1. The summed E-state index contributed by atoms with van der Waals surface area (Å²) in [6, 6.07) is 3.15. The van der Waals surface area contributed by atoms with Crippen LogP contribution in [0.1, 0.15) is 34.7 Å². The molecule has 2 heterocycles. The predicted molar refractivity (Wildman–Crippen MR) is 110 cm³/mol. The average molecular weight is 431 g/mol. The second-order valence-electron chi connectivity index (χ2n) is 9.40. The van der Waals surface area contributed by atoms with Crippen LogP contribution in [0.3, 0.4) is 0 Å². The molecule has 2 saturated heterocycles. The van der Waals surface area contributed by atoms with Crippen molar-refractivity contribution in [2.45, 2.75) is 36.8 Å². The van der Waals surface area contributed by atoms with E-state index >= 15 is 0 Å². The maximum atomic E-state index is 12.5. The Morgan fingerprint density at radius 3 is 2.68 bits per heavy atom. The summed E-state index contributed by atoms with van der Waals surface area (Å²) in [4.78, 5) is 25.9. The number of likely N-dealkylation sites (N-methyl/N-ethyl adjacent to an activating group) is 1. The van der Waals surface area contributed by atoms with Crippen LogP contribution in [0.15, 0.2) is 12.1 Å². The van der Waals surface area contributed by atoms with E-state index in [1.165, 1.54) is 6.07 Å². The van der Waals surface area contributed by atoms with E-state index in [-0.39, 0.29) is 46.9 Å². The number of carbonyl (C=O) groups is 2. The topological polar surface area (TPSA) is 113 Å². The van der Waals surface area contributed by atoms with Crippen LogP contribution in [0.5, 0.6) is 11.5 Å². The van der Waals surface area contributed by atoms with Crippen molar-refractivity contribution < 1.29 is 38.5 Å². The number of carbonyl (C=O) groups excluding carboxylic acids is 1. The standard InChI is InChI=1S/C21H27BN2O7/c1-24(2)5-6-30-12(11-24)7-18(25)23-9-13(10-23)31-17-4-3-14(15-8-16(15)22-29)20(26)19(17)21(27)28/h3-4,12-13,15-16H,5-11H2,1-2H3,(H-,26,27,28)/p+1/t12-,15+,16+/m0/s1. The average Bonchev–Trinajstić information content (AvgIpc) is 3.42. The molecule has 0 spiro atoms. The van der Waals surface area contributed by atoms with Gasteiger partial charge in [0.05, 0.1) is 20.7 Å². The van der Waals surface area contributed by atoms with Crippen molar-refractivity contribution in [3.63, 3.8) is 0 Å². The van der Waals surface area contributed by atoms with Gasteiger partial charge in [-0.05, 0) is 0 Å². The van der Waals surface area contributed by atoms with Crippen molar-refractivity contribution in [1.82, 2.24) is 4.90 Å². The molecule has 166 valence electrons. The van der Waals surface area contributed by atoms with Crippen molar-refractivity contribution in [3.05, 3.63) is 23.3 Å². The van der Waals surface area contributed by atoms with Crippen LogP contribution in [0.25, 0.3) is 0 Å². The van der Waals surface area contributed by atoms with Crippen LogP contribution < -0.4 is 4.74 Å². The summed E-state index contributed by atoms with van der Waals surface area (Å²) < 4.78 is 23.3. The van der Waals surface area contributed by atoms with Gasteiger partial charge in [-0.25, -0.2) is 0 Å². The number of carboxylic acids is 1. The van der Waals surface area contributed by atoms with Gasteiger partial charge in [0.1, 0.15) is 19.2 Å². The van der Waals surface area contributed by atoms with Gasteiger partial charge in [0, 0.05) is 0 Å². The molecule has 1 aromatic rings. The molecule has 0 bridgehead atoms. The third-order valence-electron chi connectivity index (χ3n) is 6.44. The molecule has 3 aliphatic rings. The first kappa shape index (κ1) is 21.8. The molecule has 0 aromatic heterocycles. The minimum Gasteiger partial charge on any atom is 0.105 e. The number of morpholine rings is 1. The van der Waals surface area contributed by atoms with Gasteiger partial charge in [-0.15, -0.1) is 0 Å². The van der Waals surface area contributed by atoms with Crippen LogP contribution in [0.4, 0.5) is 0 Å². The quantitative estimate of drug-likeness (QED) is 0.487. The molecule has 31 heavy (non-hydrogen) atoms. The molecule has 4 rings (SSSR count). The van der Waals surface area contributed by atoms with Gasteiger partial charge in [0.15, 0.2) is 0 Å². The van der Waals surface area contributed by atoms with Gasteiger partial charge in [0.2, 0.25) is 0 Å². The fourth-order valence-electron chi connectivity index (χ4n) is 4.42. The number of hydrogen-bond donors (Lipinski definition) is 2. The summed E-state index contributed by atoms with van der Waals surface area (Å²) in [6.07, 6.45) is 0.493. The Balaban J connectivity index is 1.35. The summed E-state index contributed by atoms with van der Waals surface area (Å²) in [7, 11) is 5.07. The maximum Gasteiger partial charge on any atom is 0.105 e. The Morgan fingerprint density at radius 1 is 1.32 bits per heavy atom. The Morgan fingerprint density at radius 2 is 2.06 bits per heavy atom. The zero-order chi connectivity index (χ0) is 22.3. The fourth-order valence-corrected chi connectivity index (χ4v) is 4.42. The van der Waals surface area contributed by atoms with E-state index in [9.17, 15) is 24.5 Å². The van der Waals surface area contributed by atoms with E-state index in [1.807, 2.05) is 0 Å². The van der Waals surface area contributed by atoms with E-state index in [0.29, 0.717) is 38.1 Å². The van der Waals surface area contributed by atoms with Gasteiger partial charge < -0.3 is 9.22 Å². The number of amides is 1. The molecular formula is C21H28BN2O7+. The first-order chi connectivity index (χ1) is 14.7. The number of ether oxygens (including phenoxy) is 2. The third kappa shape index (κ3) is 4.59. The molecule has 1 amide bonds. The van der Waals surface area contributed by atoms with Gasteiger partial charge >= 0.3 is 132 Å². The second kappa shape index (κ2) is 8.24. The van der Waals surface area contributed by atoms with E-state index in [1.54, 1.807) is 11.0 Å². The van der Waals surface area contributed by atoms with E-state index < -0.39 is 5.97 Å². The molecule has 0 unspecified atom stereocenters. The van der Waals surface area contributed by atoms with Crippen LogP contribution in [-0.4, -0.2) is 97.7 Å². The first-order valence-corrected chi connectivity index (χ1v) is 10.6. The van der Waals surface area contributed by atoms with Crippen molar-refractivity contribution in [2.75, 3.05) is 46.9 Å². The zero-order valence-electron chi connectivity index (χ0n) is 17.8. The molecule has 1 saturated carbocycles. The van der Waals surface area contributed by atoms with Crippen LogP contribution in [-0.2, 0) is 14.2 Å². The number of nitrogens with zero attached hydrogens (tertiary/aromatic N) is 2. The molecule has 10 heteroatoms. The first-order valence-electron chi connectivity index (χ1n) is 10.6. The van der Waals surface area contributed by atoms with Crippen LogP contribution >= 0.6 is 0 Å². The molecule has 2 N–H and O–H groups in total. The van der Waals surface area contributed by atoms with E-state index in [4.69, 9.17) is 9.47 Å². The summed E-state index contributed by atoms with van der Waals surface area (Å²) in [6.45, 7) is 3.09. The smallest absolute Gasteiger partial charge is 0.105 e. The number of aromatic carboxylic acids is 1. The van der Waals surface area contributed by atoms with E-state index in [2.05, 4.69) is 14.1 Å². The van der Waals surface area contributed by atoms with Crippen LogP contribution in [0.2, 0.25) is 5.82 Å². The van der Waals surface area contributed by atoms with Crippen molar-refractivity contribution in [1.29, 1.82) is 0 Å². The number of benzene rings is 1. The third-order valence-corrected chi connectivity index (χ3v) is 6.44. The fraction of sp³-hybridized carbons (Fsp3) is 0.619. The summed E-state index contributed by atoms with van der Waals surface area (Å²) in [5, 5.41) is 20.1. The SMILES string of the molecule is C[N+]1(C)CCO[C@@H](CC(=O)N2CC(Oc3ccc([C@H]4C[C@H]4B=O)c(O)c3C(=O)O)C2)C1. The second-order valence-corrected chi connectivity index (χ2v) is 9.40. The molecule has 9 nitrogen and oxygen atoms in total. The van der Waals surface area contributed by atoms with Crippen LogP contribution in [0, 0.1) is 0 Å². The minimum absolute atomic E-state index is 0.00274. The monoisotopic (exact) mass is 431 g/mol. The van der Waals surface area contributed by atoms with Gasteiger partial charge in [0.25, 0.3) is 0 Å². The zero-order valence-corrected chi connectivity index (χ0v) is 17.8. The number of quaternary nitrogens is 1. The number of rotatable bonds is 7. The van der Waals surface area contributed by atoms with Gasteiger partial charge in [-0.2, -0.15) is 0 Å². The molecular weight excluding hydrogens is 403 g/mol. The number of phenols is 1. The maximum absolute atomic E-state index is 12.5. The molecule has 3 atom stereocenters. The Kier molecular flexibility index (Phi) is 5.78. The normalized spacial score (nSPS) is 27.2.